The smallest absolute Gasteiger partial charge is 0.0762 e. The van der Waals surface area contributed by atoms with Crippen molar-refractivity contribution < 1.29 is 0 Å². The molecule has 96 valence electrons. The predicted molar refractivity (Wildman–Crippen MR) is 74.9 cm³/mol. The summed E-state index contributed by atoms with van der Waals surface area (Å²) in [7, 11) is 0. The molecule has 0 spiro atoms. The van der Waals surface area contributed by atoms with Gasteiger partial charge in [0.15, 0.2) is 0 Å². The third kappa shape index (κ3) is 2.57. The average Bonchev–Trinajstić information content (AvgIpc) is 2.85. The number of hydrogen-bond donors (Lipinski definition) is 1. The van der Waals surface area contributed by atoms with Crippen LogP contribution in [0.25, 0.3) is 0 Å². The fourth-order valence-corrected chi connectivity index (χ4v) is 2.38. The Labute approximate surface area is 113 Å². The van der Waals surface area contributed by atoms with E-state index in [1.165, 1.54) is 0 Å². The molecule has 0 bridgehead atoms. The molecule has 0 aliphatic heterocycles. The highest BCUT2D eigenvalue weighted by Crippen LogP contribution is 2.27. The number of aryl methyl sites for hydroxylation is 1. The van der Waals surface area contributed by atoms with Crippen molar-refractivity contribution in [1.29, 1.82) is 0 Å². The Bertz CT molecular complexity index is 507. The second-order valence-electron chi connectivity index (χ2n) is 4.08. The summed E-state index contributed by atoms with van der Waals surface area (Å²) in [6, 6.07) is 10.1. The molecule has 3 nitrogen and oxygen atoms in total. The highest BCUT2D eigenvalue weighted by Gasteiger charge is 2.18. The van der Waals surface area contributed by atoms with Crippen LogP contribution >= 0.6 is 11.6 Å². The zero-order valence-electron chi connectivity index (χ0n) is 10.7. The fourth-order valence-electron chi connectivity index (χ4n) is 2.14. The first-order valence-corrected chi connectivity index (χ1v) is 6.65. The van der Waals surface area contributed by atoms with E-state index in [1.54, 1.807) is 0 Å². The minimum absolute atomic E-state index is 0.0890. The van der Waals surface area contributed by atoms with E-state index in [0.717, 1.165) is 29.4 Å². The van der Waals surface area contributed by atoms with E-state index in [9.17, 15) is 0 Å². The second-order valence-corrected chi connectivity index (χ2v) is 4.49. The summed E-state index contributed by atoms with van der Waals surface area (Å²) in [5.74, 6) is 0. The summed E-state index contributed by atoms with van der Waals surface area (Å²) in [5.41, 5.74) is 2.24. The molecule has 0 fully saturated rings. The van der Waals surface area contributed by atoms with Crippen molar-refractivity contribution in [2.75, 3.05) is 6.54 Å². The molecule has 1 unspecified atom stereocenters. The van der Waals surface area contributed by atoms with Crippen LogP contribution in [-0.2, 0) is 6.54 Å². The molecule has 18 heavy (non-hydrogen) atoms. The topological polar surface area (TPSA) is 29.9 Å². The lowest BCUT2D eigenvalue weighted by Crippen LogP contribution is -2.25. The molecular weight excluding hydrogens is 246 g/mol. The van der Waals surface area contributed by atoms with Gasteiger partial charge in [0, 0.05) is 17.8 Å². The van der Waals surface area contributed by atoms with Gasteiger partial charge in [-0.1, -0.05) is 36.7 Å². The van der Waals surface area contributed by atoms with E-state index in [2.05, 4.69) is 30.3 Å². The monoisotopic (exact) mass is 263 g/mol. The van der Waals surface area contributed by atoms with Gasteiger partial charge in [0.2, 0.25) is 0 Å². The van der Waals surface area contributed by atoms with Gasteiger partial charge in [0.05, 0.1) is 11.7 Å². The number of rotatable bonds is 5. The third-order valence-corrected chi connectivity index (χ3v) is 3.31. The lowest BCUT2D eigenvalue weighted by atomic mass is 10.0. The van der Waals surface area contributed by atoms with Crippen LogP contribution < -0.4 is 5.32 Å². The van der Waals surface area contributed by atoms with E-state index in [1.807, 2.05) is 35.1 Å². The number of nitrogens with zero attached hydrogens (tertiary/aromatic N) is 2. The first-order chi connectivity index (χ1) is 8.77. The average molecular weight is 264 g/mol. The van der Waals surface area contributed by atoms with Crippen LogP contribution in [0.2, 0.25) is 5.02 Å². The second kappa shape index (κ2) is 6.03. The lowest BCUT2D eigenvalue weighted by molar-refractivity contribution is 0.542. The maximum atomic E-state index is 6.30. The maximum absolute atomic E-state index is 6.30. The first kappa shape index (κ1) is 13.1. The number of halogens is 1. The van der Waals surface area contributed by atoms with E-state index in [0.29, 0.717) is 0 Å². The summed E-state index contributed by atoms with van der Waals surface area (Å²) in [6.07, 6.45) is 1.83. The summed E-state index contributed by atoms with van der Waals surface area (Å²) in [6.45, 7) is 5.92. The summed E-state index contributed by atoms with van der Waals surface area (Å²) in [5, 5.41) is 8.58. The molecule has 2 aromatic rings. The molecule has 1 atom stereocenters. The zero-order valence-corrected chi connectivity index (χ0v) is 11.5. The van der Waals surface area contributed by atoms with Crippen LogP contribution in [0.15, 0.2) is 36.5 Å². The van der Waals surface area contributed by atoms with Crippen LogP contribution in [0.4, 0.5) is 0 Å². The van der Waals surface area contributed by atoms with E-state index >= 15 is 0 Å². The molecule has 2 rings (SSSR count). The Morgan fingerprint density at radius 1 is 1.28 bits per heavy atom. The number of aromatic nitrogens is 2. The molecule has 1 heterocycles. The highest BCUT2D eigenvalue weighted by atomic mass is 35.5. The number of hydrogen-bond acceptors (Lipinski definition) is 2. The van der Waals surface area contributed by atoms with Crippen molar-refractivity contribution in [2.24, 2.45) is 0 Å². The van der Waals surface area contributed by atoms with Crippen molar-refractivity contribution in [3.8, 4) is 0 Å². The Hall–Kier alpha value is -1.32. The molecule has 0 saturated carbocycles. The van der Waals surface area contributed by atoms with Crippen molar-refractivity contribution in [2.45, 2.75) is 26.4 Å². The fraction of sp³-hybridized carbons (Fsp3) is 0.357. The van der Waals surface area contributed by atoms with Crippen LogP contribution in [-0.4, -0.2) is 16.3 Å². The van der Waals surface area contributed by atoms with Crippen molar-refractivity contribution in [3.05, 3.63) is 52.8 Å². The predicted octanol–water partition coefficient (Wildman–Crippen LogP) is 3.26. The summed E-state index contributed by atoms with van der Waals surface area (Å²) in [4.78, 5) is 0. The Kier molecular flexibility index (Phi) is 4.39. The normalized spacial score (nSPS) is 12.6. The van der Waals surface area contributed by atoms with Gasteiger partial charge >= 0.3 is 0 Å². The molecule has 1 aromatic carbocycles. The Morgan fingerprint density at radius 2 is 2.06 bits per heavy atom. The van der Waals surface area contributed by atoms with E-state index in [4.69, 9.17) is 11.6 Å². The zero-order chi connectivity index (χ0) is 13.0. The molecule has 0 aliphatic rings. The molecule has 0 amide bonds. The van der Waals surface area contributed by atoms with Gasteiger partial charge in [-0.15, -0.1) is 0 Å². The van der Waals surface area contributed by atoms with Crippen LogP contribution in [0.1, 0.15) is 31.1 Å². The maximum Gasteiger partial charge on any atom is 0.0762 e. The molecule has 1 N–H and O–H groups in total. The molecule has 0 saturated heterocycles. The third-order valence-electron chi connectivity index (χ3n) is 2.97. The quantitative estimate of drug-likeness (QED) is 0.897. The largest absolute Gasteiger partial charge is 0.305 e. The van der Waals surface area contributed by atoms with Gasteiger partial charge in [-0.3, -0.25) is 4.68 Å². The number of benzene rings is 1. The van der Waals surface area contributed by atoms with E-state index < -0.39 is 0 Å². The first-order valence-electron chi connectivity index (χ1n) is 6.27. The van der Waals surface area contributed by atoms with Gasteiger partial charge in [0.1, 0.15) is 0 Å². The Balaban J connectivity index is 2.43. The van der Waals surface area contributed by atoms with Crippen molar-refractivity contribution in [1.82, 2.24) is 15.1 Å². The van der Waals surface area contributed by atoms with Crippen LogP contribution in [0.3, 0.4) is 0 Å². The van der Waals surface area contributed by atoms with Crippen LogP contribution in [0.5, 0.6) is 0 Å². The van der Waals surface area contributed by atoms with Gasteiger partial charge < -0.3 is 5.32 Å². The molecule has 4 heteroatoms. The number of nitrogens with one attached hydrogen (secondary N) is 1. The van der Waals surface area contributed by atoms with Gasteiger partial charge in [-0.05, 0) is 31.2 Å². The molecule has 1 aromatic heterocycles. The summed E-state index contributed by atoms with van der Waals surface area (Å²) >= 11 is 6.30. The van der Waals surface area contributed by atoms with Gasteiger partial charge in [-0.25, -0.2) is 0 Å². The molecule has 0 aliphatic carbocycles. The standard InChI is InChI=1S/C14H18ClN3/c1-3-16-14(11-7-5-6-8-12(11)15)13-9-10-17-18(13)4-2/h5-10,14,16H,3-4H2,1-2H3. The minimum Gasteiger partial charge on any atom is -0.305 e. The minimum atomic E-state index is 0.0890. The summed E-state index contributed by atoms with van der Waals surface area (Å²) < 4.78 is 2.00. The molecular formula is C14H18ClN3. The Morgan fingerprint density at radius 3 is 2.72 bits per heavy atom. The van der Waals surface area contributed by atoms with E-state index in [-0.39, 0.29) is 6.04 Å². The highest BCUT2D eigenvalue weighted by molar-refractivity contribution is 6.31. The SMILES string of the molecule is CCNC(c1ccccc1Cl)c1ccnn1CC. The molecule has 0 radical (unpaired) electrons. The van der Waals surface area contributed by atoms with Gasteiger partial charge in [0.25, 0.3) is 0 Å². The van der Waals surface area contributed by atoms with Crippen LogP contribution in [0, 0.1) is 0 Å². The van der Waals surface area contributed by atoms with Crippen molar-refractivity contribution >= 4 is 11.6 Å². The van der Waals surface area contributed by atoms with Crippen molar-refractivity contribution in [3.63, 3.8) is 0 Å². The lowest BCUT2D eigenvalue weighted by Gasteiger charge is -2.20. The van der Waals surface area contributed by atoms with Gasteiger partial charge in [-0.2, -0.15) is 5.10 Å².